The fourth-order valence-electron chi connectivity index (χ4n) is 4.19. The molecule has 3 aromatic rings. The number of nitrogens with one attached hydrogen (secondary N) is 1. The summed E-state index contributed by atoms with van der Waals surface area (Å²) in [5, 5.41) is 22.1. The van der Waals surface area contributed by atoms with Crippen LogP contribution in [0.1, 0.15) is 40.2 Å². The van der Waals surface area contributed by atoms with Gasteiger partial charge in [-0.2, -0.15) is 10.5 Å². The molecule has 9 heteroatoms. The average Bonchev–Trinajstić information content (AvgIpc) is 3.71. The molecule has 0 spiro atoms. The first kappa shape index (κ1) is 22.5. The van der Waals surface area contributed by atoms with Crippen LogP contribution >= 0.6 is 0 Å². The molecule has 1 saturated carbocycles. The van der Waals surface area contributed by atoms with Crippen LogP contribution in [0.4, 0.5) is 11.5 Å². The highest BCUT2D eigenvalue weighted by Gasteiger charge is 2.46. The van der Waals surface area contributed by atoms with Gasteiger partial charge in [0.2, 0.25) is 0 Å². The number of nitriles is 2. The van der Waals surface area contributed by atoms with E-state index in [0.717, 1.165) is 29.7 Å². The summed E-state index contributed by atoms with van der Waals surface area (Å²) in [6.45, 7) is 4.46. The Bertz CT molecular complexity index is 1380. The molecule has 4 heterocycles. The quantitative estimate of drug-likeness (QED) is 0.607. The molecular weight excluding hydrogens is 442 g/mol. The van der Waals surface area contributed by atoms with E-state index in [1.807, 2.05) is 13.0 Å². The van der Waals surface area contributed by atoms with Gasteiger partial charge >= 0.3 is 0 Å². The fourth-order valence-corrected chi connectivity index (χ4v) is 4.19. The maximum absolute atomic E-state index is 12.9. The molecule has 5 rings (SSSR count). The number of anilines is 2. The number of hydrogen-bond donors (Lipinski definition) is 1. The predicted molar refractivity (Wildman–Crippen MR) is 129 cm³/mol. The maximum atomic E-state index is 12.9. The van der Waals surface area contributed by atoms with Gasteiger partial charge in [0.15, 0.2) is 0 Å². The first-order valence-electron chi connectivity index (χ1n) is 11.4. The molecule has 1 aliphatic carbocycles. The van der Waals surface area contributed by atoms with Crippen molar-refractivity contribution in [3.63, 3.8) is 0 Å². The Balaban J connectivity index is 1.40. The van der Waals surface area contributed by atoms with Crippen LogP contribution in [0.5, 0.6) is 0 Å². The first-order valence-corrected chi connectivity index (χ1v) is 11.4. The molecule has 0 radical (unpaired) electrons. The minimum Gasteiger partial charge on any atom is -0.378 e. The summed E-state index contributed by atoms with van der Waals surface area (Å²) in [4.78, 5) is 28.3. The highest BCUT2D eigenvalue weighted by Crippen LogP contribution is 2.46. The molecule has 2 aliphatic rings. The summed E-state index contributed by atoms with van der Waals surface area (Å²) in [6, 6.07) is 11.5. The molecule has 1 aliphatic heterocycles. The Morgan fingerprint density at radius 3 is 2.63 bits per heavy atom. The van der Waals surface area contributed by atoms with Gasteiger partial charge in [0, 0.05) is 47.9 Å². The van der Waals surface area contributed by atoms with Crippen molar-refractivity contribution < 1.29 is 9.53 Å². The summed E-state index contributed by atoms with van der Waals surface area (Å²) >= 11 is 0. The van der Waals surface area contributed by atoms with Crippen LogP contribution < -0.4 is 10.2 Å². The molecule has 35 heavy (non-hydrogen) atoms. The zero-order valence-corrected chi connectivity index (χ0v) is 19.3. The van der Waals surface area contributed by atoms with Crippen molar-refractivity contribution in [1.29, 1.82) is 10.5 Å². The third-order valence-corrected chi connectivity index (χ3v) is 6.43. The van der Waals surface area contributed by atoms with Gasteiger partial charge in [-0.1, -0.05) is 0 Å². The van der Waals surface area contributed by atoms with E-state index >= 15 is 0 Å². The monoisotopic (exact) mass is 465 g/mol. The average molecular weight is 466 g/mol. The third-order valence-electron chi connectivity index (χ3n) is 6.43. The van der Waals surface area contributed by atoms with Crippen molar-refractivity contribution in [2.24, 2.45) is 0 Å². The molecular formula is C26H23N7O2. The Hall–Kier alpha value is -4.34. The number of aryl methyl sites for hydroxylation is 1. The molecule has 174 valence electrons. The number of amides is 1. The molecule has 1 saturated heterocycles. The molecule has 2 fully saturated rings. The standard InChI is InChI=1S/C26H23N7O2/c1-17-22(20-10-19(13-27)24(31-14-20)33-6-8-35-9-7-33)12-21(15-30-17)32-25(34)18-2-5-29-23(11-18)26(16-28)3-4-26/h2,5,10-12,14-15H,3-4,6-9H2,1H3,(H,32,34). The Labute approximate surface area is 203 Å². The third kappa shape index (κ3) is 4.42. The molecule has 0 bridgehead atoms. The van der Waals surface area contributed by atoms with Gasteiger partial charge in [-0.05, 0) is 44.0 Å². The Kier molecular flexibility index (Phi) is 5.86. The fraction of sp³-hybridized carbons (Fsp3) is 0.308. The second-order valence-corrected chi connectivity index (χ2v) is 8.74. The minimum atomic E-state index is -0.562. The Morgan fingerprint density at radius 1 is 1.11 bits per heavy atom. The molecule has 0 unspecified atom stereocenters. The van der Waals surface area contributed by atoms with Gasteiger partial charge in [-0.15, -0.1) is 0 Å². The van der Waals surface area contributed by atoms with Gasteiger partial charge in [0.1, 0.15) is 11.9 Å². The van der Waals surface area contributed by atoms with Crippen LogP contribution in [0.25, 0.3) is 11.1 Å². The minimum absolute atomic E-state index is 0.308. The van der Waals surface area contributed by atoms with E-state index in [1.54, 1.807) is 36.8 Å². The second-order valence-electron chi connectivity index (χ2n) is 8.74. The smallest absolute Gasteiger partial charge is 0.255 e. The zero-order valence-electron chi connectivity index (χ0n) is 19.3. The summed E-state index contributed by atoms with van der Waals surface area (Å²) in [5.74, 6) is 0.339. The molecule has 1 amide bonds. The normalized spacial score (nSPS) is 16.1. The van der Waals surface area contributed by atoms with Crippen LogP contribution in [-0.4, -0.2) is 47.2 Å². The number of hydrogen-bond acceptors (Lipinski definition) is 8. The van der Waals surface area contributed by atoms with E-state index in [0.29, 0.717) is 54.6 Å². The lowest BCUT2D eigenvalue weighted by molar-refractivity contribution is 0.102. The number of carbonyl (C=O) groups is 1. The molecule has 3 aromatic heterocycles. The summed E-state index contributed by atoms with van der Waals surface area (Å²) in [6.07, 6.45) is 6.40. The molecule has 1 N–H and O–H groups in total. The van der Waals surface area contributed by atoms with Crippen LogP contribution in [-0.2, 0) is 10.2 Å². The van der Waals surface area contributed by atoms with E-state index in [2.05, 4.69) is 37.3 Å². The van der Waals surface area contributed by atoms with Crippen molar-refractivity contribution in [2.45, 2.75) is 25.2 Å². The second kappa shape index (κ2) is 9.13. The van der Waals surface area contributed by atoms with Gasteiger partial charge in [-0.25, -0.2) is 4.98 Å². The van der Waals surface area contributed by atoms with Crippen molar-refractivity contribution in [3.05, 3.63) is 65.4 Å². The number of ether oxygens (including phenoxy) is 1. The number of aromatic nitrogens is 3. The van der Waals surface area contributed by atoms with Crippen LogP contribution in [0, 0.1) is 29.6 Å². The van der Waals surface area contributed by atoms with Gasteiger partial charge in [0.25, 0.3) is 5.91 Å². The van der Waals surface area contributed by atoms with E-state index in [1.165, 1.54) is 0 Å². The van der Waals surface area contributed by atoms with Crippen LogP contribution in [0.3, 0.4) is 0 Å². The SMILES string of the molecule is Cc1ncc(NC(=O)c2ccnc(C3(C#N)CC3)c2)cc1-c1cnc(N2CCOCC2)c(C#N)c1. The van der Waals surface area contributed by atoms with Crippen molar-refractivity contribution in [2.75, 3.05) is 36.5 Å². The number of nitrogens with zero attached hydrogens (tertiary/aromatic N) is 6. The van der Waals surface area contributed by atoms with Crippen LogP contribution in [0.2, 0.25) is 0 Å². The van der Waals surface area contributed by atoms with E-state index in [-0.39, 0.29) is 5.91 Å². The van der Waals surface area contributed by atoms with Gasteiger partial charge in [0.05, 0.1) is 47.8 Å². The lowest BCUT2D eigenvalue weighted by Crippen LogP contribution is -2.37. The number of carbonyl (C=O) groups excluding carboxylic acids is 1. The number of morpholine rings is 1. The zero-order chi connectivity index (χ0) is 24.4. The lowest BCUT2D eigenvalue weighted by Gasteiger charge is -2.28. The largest absolute Gasteiger partial charge is 0.378 e. The van der Waals surface area contributed by atoms with Gasteiger partial charge in [-0.3, -0.25) is 14.8 Å². The number of rotatable bonds is 5. The predicted octanol–water partition coefficient (Wildman–Crippen LogP) is 3.36. The Morgan fingerprint density at radius 2 is 1.91 bits per heavy atom. The first-order chi connectivity index (χ1) is 17.0. The highest BCUT2D eigenvalue weighted by atomic mass is 16.5. The van der Waals surface area contributed by atoms with E-state index < -0.39 is 5.41 Å². The molecule has 0 atom stereocenters. The van der Waals surface area contributed by atoms with Crippen molar-refractivity contribution >= 4 is 17.4 Å². The van der Waals surface area contributed by atoms with E-state index in [9.17, 15) is 15.3 Å². The van der Waals surface area contributed by atoms with Crippen molar-refractivity contribution in [1.82, 2.24) is 15.0 Å². The summed E-state index contributed by atoms with van der Waals surface area (Å²) < 4.78 is 5.40. The summed E-state index contributed by atoms with van der Waals surface area (Å²) in [7, 11) is 0. The lowest BCUT2D eigenvalue weighted by atomic mass is 10.0. The van der Waals surface area contributed by atoms with Crippen molar-refractivity contribution in [3.8, 4) is 23.3 Å². The van der Waals surface area contributed by atoms with E-state index in [4.69, 9.17) is 4.74 Å². The maximum Gasteiger partial charge on any atom is 0.255 e. The van der Waals surface area contributed by atoms with Gasteiger partial charge < -0.3 is 15.0 Å². The summed E-state index contributed by atoms with van der Waals surface area (Å²) in [5.41, 5.74) is 3.78. The molecule has 0 aromatic carbocycles. The van der Waals surface area contributed by atoms with Crippen LogP contribution in [0.15, 0.2) is 42.9 Å². The molecule has 9 nitrogen and oxygen atoms in total. The number of pyridine rings is 3. The highest BCUT2D eigenvalue weighted by molar-refractivity contribution is 6.04. The topological polar surface area (TPSA) is 128 Å².